The van der Waals surface area contributed by atoms with Gasteiger partial charge in [0.05, 0.1) is 7.11 Å². The molecular weight excluding hydrogens is 326 g/mol. The lowest BCUT2D eigenvalue weighted by Crippen LogP contribution is -2.31. The highest BCUT2D eigenvalue weighted by molar-refractivity contribution is 5.77. The molecule has 0 saturated heterocycles. The van der Waals surface area contributed by atoms with E-state index < -0.39 is 0 Å². The third-order valence-electron chi connectivity index (χ3n) is 4.23. The van der Waals surface area contributed by atoms with E-state index in [4.69, 9.17) is 9.47 Å². The maximum atomic E-state index is 12.4. The lowest BCUT2D eigenvalue weighted by molar-refractivity contribution is -0.132. The van der Waals surface area contributed by atoms with Gasteiger partial charge < -0.3 is 14.4 Å². The number of benzene rings is 2. The largest absolute Gasteiger partial charge is 0.493 e. The van der Waals surface area contributed by atoms with E-state index in [2.05, 4.69) is 32.0 Å². The van der Waals surface area contributed by atoms with Crippen LogP contribution in [0.25, 0.3) is 6.08 Å². The highest BCUT2D eigenvalue weighted by Crippen LogP contribution is 2.28. The van der Waals surface area contributed by atoms with Crippen molar-refractivity contribution < 1.29 is 14.3 Å². The number of ether oxygens (including phenoxy) is 2. The number of amides is 1. The van der Waals surface area contributed by atoms with Crippen LogP contribution >= 0.6 is 0 Å². The summed E-state index contributed by atoms with van der Waals surface area (Å²) < 4.78 is 11.1. The minimum absolute atomic E-state index is 0.0271. The Bertz CT molecular complexity index is 796. The number of nitrogens with zero attached hydrogens (tertiary/aromatic N) is 1. The first-order valence-electron chi connectivity index (χ1n) is 8.68. The first-order valence-corrected chi connectivity index (χ1v) is 8.68. The van der Waals surface area contributed by atoms with Crippen molar-refractivity contribution in [1.29, 1.82) is 0 Å². The second kappa shape index (κ2) is 9.09. The van der Waals surface area contributed by atoms with Gasteiger partial charge in [-0.3, -0.25) is 4.79 Å². The number of hydrogen-bond donors (Lipinski definition) is 0. The quantitative estimate of drug-likeness (QED) is 0.741. The van der Waals surface area contributed by atoms with Crippen LogP contribution in [0.5, 0.6) is 11.5 Å². The van der Waals surface area contributed by atoms with Crippen LogP contribution in [0.4, 0.5) is 0 Å². The normalized spacial score (nSPS) is 10.8. The van der Waals surface area contributed by atoms with Gasteiger partial charge in [-0.2, -0.15) is 0 Å². The van der Waals surface area contributed by atoms with Crippen molar-refractivity contribution in [3.05, 3.63) is 64.7 Å². The van der Waals surface area contributed by atoms with Gasteiger partial charge in [0.2, 0.25) is 0 Å². The van der Waals surface area contributed by atoms with E-state index in [0.29, 0.717) is 18.0 Å². The molecule has 4 nitrogen and oxygen atoms in total. The summed E-state index contributed by atoms with van der Waals surface area (Å²) in [5.41, 5.74) is 4.57. The number of allylic oxidation sites excluding steroid dienone is 1. The van der Waals surface area contributed by atoms with Gasteiger partial charge in [-0.05, 0) is 49.6 Å². The molecule has 0 aliphatic carbocycles. The molecule has 2 rings (SSSR count). The minimum atomic E-state index is -0.0791. The Balaban J connectivity index is 1.99. The first kappa shape index (κ1) is 19.6. The third kappa shape index (κ3) is 5.12. The van der Waals surface area contributed by atoms with Crippen LogP contribution in [-0.4, -0.2) is 31.6 Å². The summed E-state index contributed by atoms with van der Waals surface area (Å²) in [4.78, 5) is 14.1. The summed E-state index contributed by atoms with van der Waals surface area (Å²) in [6.45, 7) is 6.62. The van der Waals surface area contributed by atoms with Crippen LogP contribution in [0.2, 0.25) is 0 Å². The van der Waals surface area contributed by atoms with Crippen LogP contribution in [0.1, 0.15) is 29.2 Å². The molecule has 26 heavy (non-hydrogen) atoms. The molecule has 0 aliphatic rings. The predicted molar refractivity (Wildman–Crippen MR) is 106 cm³/mol. The molecule has 0 saturated carbocycles. The number of aryl methyl sites for hydroxylation is 2. The van der Waals surface area contributed by atoms with Gasteiger partial charge in [0.1, 0.15) is 0 Å². The van der Waals surface area contributed by atoms with Gasteiger partial charge in [-0.25, -0.2) is 0 Å². The fourth-order valence-corrected chi connectivity index (χ4v) is 2.72. The highest BCUT2D eigenvalue weighted by Gasteiger charge is 2.13. The number of rotatable bonds is 7. The SMILES string of the molecule is C/C=C/c1ccc(OCC(=O)N(C)Cc2ccc(C)cc2C)c(OC)c1. The lowest BCUT2D eigenvalue weighted by Gasteiger charge is -2.19. The maximum Gasteiger partial charge on any atom is 0.260 e. The molecule has 0 spiro atoms. The molecule has 0 atom stereocenters. The van der Waals surface area contributed by atoms with E-state index in [9.17, 15) is 4.79 Å². The summed E-state index contributed by atoms with van der Waals surface area (Å²) >= 11 is 0. The average Bonchev–Trinajstić information content (AvgIpc) is 2.62. The van der Waals surface area contributed by atoms with Crippen LogP contribution in [0.3, 0.4) is 0 Å². The standard InChI is InChI=1S/C22H27NO3/c1-6-7-18-9-11-20(21(13-18)25-5)26-15-22(24)23(4)14-19-10-8-16(2)12-17(19)3/h6-13H,14-15H2,1-5H3/b7-6+. The molecule has 0 heterocycles. The van der Waals surface area contributed by atoms with Crippen molar-refractivity contribution in [3.63, 3.8) is 0 Å². The summed E-state index contributed by atoms with van der Waals surface area (Å²) in [5.74, 6) is 1.10. The average molecular weight is 353 g/mol. The topological polar surface area (TPSA) is 38.8 Å². The van der Waals surface area contributed by atoms with Crippen LogP contribution in [0.15, 0.2) is 42.5 Å². The summed E-state index contributed by atoms with van der Waals surface area (Å²) in [5, 5.41) is 0. The number of carbonyl (C=O) groups is 1. The summed E-state index contributed by atoms with van der Waals surface area (Å²) in [6, 6.07) is 11.9. The van der Waals surface area contributed by atoms with E-state index in [1.165, 1.54) is 11.1 Å². The molecule has 138 valence electrons. The lowest BCUT2D eigenvalue weighted by atomic mass is 10.1. The maximum absolute atomic E-state index is 12.4. The second-order valence-electron chi connectivity index (χ2n) is 6.38. The molecule has 2 aromatic carbocycles. The van der Waals surface area contributed by atoms with Gasteiger partial charge in [-0.15, -0.1) is 0 Å². The van der Waals surface area contributed by atoms with E-state index in [0.717, 1.165) is 11.1 Å². The third-order valence-corrected chi connectivity index (χ3v) is 4.23. The van der Waals surface area contributed by atoms with Crippen molar-refractivity contribution in [2.45, 2.75) is 27.3 Å². The Labute approximate surface area is 156 Å². The molecule has 0 radical (unpaired) electrons. The molecule has 0 aromatic heterocycles. The van der Waals surface area contributed by atoms with Crippen molar-refractivity contribution in [2.75, 3.05) is 20.8 Å². The number of likely N-dealkylation sites (N-methyl/N-ethyl adjacent to an activating group) is 1. The monoisotopic (exact) mass is 353 g/mol. The number of hydrogen-bond acceptors (Lipinski definition) is 3. The Kier molecular flexibility index (Phi) is 6.84. The summed E-state index contributed by atoms with van der Waals surface area (Å²) in [6.07, 6.45) is 3.94. The van der Waals surface area contributed by atoms with Crippen LogP contribution in [0, 0.1) is 13.8 Å². The zero-order valence-corrected chi connectivity index (χ0v) is 16.2. The highest BCUT2D eigenvalue weighted by atomic mass is 16.5. The first-order chi connectivity index (χ1) is 12.4. The zero-order valence-electron chi connectivity index (χ0n) is 16.2. The van der Waals surface area contributed by atoms with Crippen molar-refractivity contribution in [2.24, 2.45) is 0 Å². The van der Waals surface area contributed by atoms with Gasteiger partial charge in [-0.1, -0.05) is 42.0 Å². The molecule has 2 aromatic rings. The molecule has 0 N–H and O–H groups in total. The predicted octanol–water partition coefficient (Wildman–Crippen LogP) is 4.38. The van der Waals surface area contributed by atoms with E-state index in [1.807, 2.05) is 37.3 Å². The molecule has 4 heteroatoms. The minimum Gasteiger partial charge on any atom is -0.493 e. The Hall–Kier alpha value is -2.75. The van der Waals surface area contributed by atoms with E-state index in [1.54, 1.807) is 19.1 Å². The molecule has 1 amide bonds. The second-order valence-corrected chi connectivity index (χ2v) is 6.38. The van der Waals surface area contributed by atoms with Crippen molar-refractivity contribution in [3.8, 4) is 11.5 Å². The molecule has 0 unspecified atom stereocenters. The van der Waals surface area contributed by atoms with Gasteiger partial charge in [0, 0.05) is 13.6 Å². The zero-order chi connectivity index (χ0) is 19.1. The summed E-state index contributed by atoms with van der Waals surface area (Å²) in [7, 11) is 3.38. The molecule has 0 bridgehead atoms. The number of methoxy groups -OCH3 is 1. The molecular formula is C22H27NO3. The fraction of sp³-hybridized carbons (Fsp3) is 0.318. The van der Waals surface area contributed by atoms with Crippen molar-refractivity contribution >= 4 is 12.0 Å². The molecule has 0 fully saturated rings. The smallest absolute Gasteiger partial charge is 0.260 e. The number of carbonyl (C=O) groups excluding carboxylic acids is 1. The fourth-order valence-electron chi connectivity index (χ4n) is 2.72. The van der Waals surface area contributed by atoms with Crippen molar-refractivity contribution in [1.82, 2.24) is 4.90 Å². The molecule has 0 aliphatic heterocycles. The Morgan fingerprint density at radius 2 is 1.88 bits per heavy atom. The van der Waals surface area contributed by atoms with Gasteiger partial charge >= 0.3 is 0 Å². The Morgan fingerprint density at radius 3 is 2.54 bits per heavy atom. The van der Waals surface area contributed by atoms with Gasteiger partial charge in [0.25, 0.3) is 5.91 Å². The van der Waals surface area contributed by atoms with Gasteiger partial charge in [0.15, 0.2) is 18.1 Å². The Morgan fingerprint density at radius 1 is 1.12 bits per heavy atom. The van der Waals surface area contributed by atoms with Crippen LogP contribution in [-0.2, 0) is 11.3 Å². The van der Waals surface area contributed by atoms with E-state index >= 15 is 0 Å². The van der Waals surface area contributed by atoms with Crippen LogP contribution < -0.4 is 9.47 Å². The van der Waals surface area contributed by atoms with E-state index in [-0.39, 0.29) is 12.5 Å².